The number of rotatable bonds is 3. The third-order valence-electron chi connectivity index (χ3n) is 1.40. The van der Waals surface area contributed by atoms with Crippen molar-refractivity contribution in [2.75, 3.05) is 20.2 Å². The van der Waals surface area contributed by atoms with E-state index in [4.69, 9.17) is 4.74 Å². The lowest BCUT2D eigenvalue weighted by Crippen LogP contribution is -2.08. The van der Waals surface area contributed by atoms with Crippen LogP contribution < -0.4 is 5.32 Å². The van der Waals surface area contributed by atoms with E-state index in [-0.39, 0.29) is 0 Å². The predicted molar refractivity (Wildman–Crippen MR) is 37.2 cm³/mol. The Balaban J connectivity index is 2.11. The summed E-state index contributed by atoms with van der Waals surface area (Å²) in [6.07, 6.45) is 4.30. The Labute approximate surface area is 55.9 Å². The molecule has 0 bridgehead atoms. The molecule has 2 nitrogen and oxygen atoms in total. The molecular formula is C7H13NO. The summed E-state index contributed by atoms with van der Waals surface area (Å²) >= 11 is 0. The van der Waals surface area contributed by atoms with Crippen molar-refractivity contribution in [3.8, 4) is 0 Å². The molecule has 1 N–H and O–H groups in total. The van der Waals surface area contributed by atoms with E-state index in [2.05, 4.69) is 11.4 Å². The van der Waals surface area contributed by atoms with Gasteiger partial charge in [-0.05, 0) is 13.1 Å². The molecule has 0 aromatic carbocycles. The van der Waals surface area contributed by atoms with Gasteiger partial charge in [0.2, 0.25) is 0 Å². The van der Waals surface area contributed by atoms with Gasteiger partial charge in [0.25, 0.3) is 0 Å². The van der Waals surface area contributed by atoms with E-state index >= 15 is 0 Å². The molecule has 1 rings (SSSR count). The van der Waals surface area contributed by atoms with Gasteiger partial charge in [-0.25, -0.2) is 0 Å². The molecule has 0 atom stereocenters. The lowest BCUT2D eigenvalue weighted by molar-refractivity contribution is 0.234. The average Bonchev–Trinajstić information content (AvgIpc) is 2.34. The van der Waals surface area contributed by atoms with Crippen molar-refractivity contribution in [3.05, 3.63) is 11.8 Å². The van der Waals surface area contributed by atoms with Gasteiger partial charge in [0.05, 0.1) is 12.4 Å². The molecule has 9 heavy (non-hydrogen) atoms. The predicted octanol–water partition coefficient (Wildman–Crippen LogP) is 0.900. The Hall–Kier alpha value is -0.500. The summed E-state index contributed by atoms with van der Waals surface area (Å²) < 4.78 is 5.28. The molecule has 1 aliphatic rings. The van der Waals surface area contributed by atoms with Gasteiger partial charge in [0.15, 0.2) is 0 Å². The highest BCUT2D eigenvalue weighted by Gasteiger charge is 2.02. The van der Waals surface area contributed by atoms with Gasteiger partial charge in [-0.3, -0.25) is 0 Å². The van der Waals surface area contributed by atoms with Crippen LogP contribution in [0.4, 0.5) is 0 Å². The molecule has 0 aromatic rings. The largest absolute Gasteiger partial charge is 0.498 e. The van der Waals surface area contributed by atoms with Crippen LogP contribution in [0, 0.1) is 0 Å². The van der Waals surface area contributed by atoms with Gasteiger partial charge in [-0.1, -0.05) is 0 Å². The van der Waals surface area contributed by atoms with E-state index < -0.39 is 0 Å². The number of hydrogen-bond acceptors (Lipinski definition) is 2. The maximum atomic E-state index is 5.28. The normalized spacial score (nSPS) is 17.2. The van der Waals surface area contributed by atoms with Crippen LogP contribution in [-0.2, 0) is 4.74 Å². The fraction of sp³-hybridized carbons (Fsp3) is 0.714. The second kappa shape index (κ2) is 3.51. The van der Waals surface area contributed by atoms with Gasteiger partial charge in [-0.15, -0.1) is 0 Å². The van der Waals surface area contributed by atoms with Crippen molar-refractivity contribution < 1.29 is 4.74 Å². The van der Waals surface area contributed by atoms with Gasteiger partial charge >= 0.3 is 0 Å². The second-order valence-corrected chi connectivity index (χ2v) is 2.16. The quantitative estimate of drug-likeness (QED) is 0.608. The maximum Gasteiger partial charge on any atom is 0.0934 e. The highest BCUT2D eigenvalue weighted by atomic mass is 16.5. The van der Waals surface area contributed by atoms with Gasteiger partial charge in [0, 0.05) is 19.4 Å². The van der Waals surface area contributed by atoms with Gasteiger partial charge in [-0.2, -0.15) is 0 Å². The van der Waals surface area contributed by atoms with Crippen molar-refractivity contribution in [2.24, 2.45) is 0 Å². The first-order valence-corrected chi connectivity index (χ1v) is 3.40. The van der Waals surface area contributed by atoms with E-state index in [0.717, 1.165) is 31.8 Å². The third-order valence-corrected chi connectivity index (χ3v) is 1.40. The molecule has 0 fully saturated rings. The lowest BCUT2D eigenvalue weighted by Gasteiger charge is -2.00. The van der Waals surface area contributed by atoms with Crippen LogP contribution >= 0.6 is 0 Å². The van der Waals surface area contributed by atoms with Crippen LogP contribution in [0.5, 0.6) is 0 Å². The lowest BCUT2D eigenvalue weighted by atomic mass is 10.3. The van der Waals surface area contributed by atoms with E-state index in [0.29, 0.717) is 0 Å². The highest BCUT2D eigenvalue weighted by Crippen LogP contribution is 2.11. The third kappa shape index (κ3) is 2.06. The number of ether oxygens (including phenoxy) is 1. The smallest absolute Gasteiger partial charge is 0.0934 e. The molecule has 0 aromatic heterocycles. The Bertz CT molecular complexity index is 109. The summed E-state index contributed by atoms with van der Waals surface area (Å²) in [7, 11) is 1.95. The standard InChI is InChI=1S/C7H13NO/c1-8-5-4-7-3-2-6-9-7/h3,8H,2,4-6H2,1H3. The van der Waals surface area contributed by atoms with E-state index in [9.17, 15) is 0 Å². The SMILES string of the molecule is CNCCC1=CCCO1. The molecule has 0 unspecified atom stereocenters. The van der Waals surface area contributed by atoms with E-state index in [1.807, 2.05) is 7.05 Å². The van der Waals surface area contributed by atoms with Crippen LogP contribution in [0.1, 0.15) is 12.8 Å². The molecule has 0 spiro atoms. The molecule has 52 valence electrons. The number of nitrogens with one attached hydrogen (secondary N) is 1. The topological polar surface area (TPSA) is 21.3 Å². The zero-order valence-corrected chi connectivity index (χ0v) is 5.81. The zero-order chi connectivity index (χ0) is 6.53. The summed E-state index contributed by atoms with van der Waals surface area (Å²) in [6.45, 7) is 1.91. The Morgan fingerprint density at radius 1 is 1.78 bits per heavy atom. The van der Waals surface area contributed by atoms with Crippen LogP contribution in [0.25, 0.3) is 0 Å². The maximum absolute atomic E-state index is 5.28. The minimum absolute atomic E-state index is 0.888. The van der Waals surface area contributed by atoms with Crippen molar-refractivity contribution in [1.29, 1.82) is 0 Å². The van der Waals surface area contributed by atoms with Crippen molar-refractivity contribution >= 4 is 0 Å². The number of hydrogen-bond donors (Lipinski definition) is 1. The molecular weight excluding hydrogens is 114 g/mol. The first-order valence-electron chi connectivity index (χ1n) is 3.40. The zero-order valence-electron chi connectivity index (χ0n) is 5.81. The van der Waals surface area contributed by atoms with Crippen LogP contribution in [-0.4, -0.2) is 20.2 Å². The summed E-state index contributed by atoms with van der Waals surface area (Å²) in [5.41, 5.74) is 0. The molecule has 0 saturated heterocycles. The second-order valence-electron chi connectivity index (χ2n) is 2.16. The molecule has 2 heteroatoms. The van der Waals surface area contributed by atoms with Gasteiger partial charge < -0.3 is 10.1 Å². The summed E-state index contributed by atoms with van der Waals surface area (Å²) in [5, 5.41) is 3.07. The Morgan fingerprint density at radius 2 is 2.67 bits per heavy atom. The molecule has 0 amide bonds. The minimum atomic E-state index is 0.888. The summed E-state index contributed by atoms with van der Waals surface area (Å²) in [6, 6.07) is 0. The van der Waals surface area contributed by atoms with Crippen LogP contribution in [0.2, 0.25) is 0 Å². The monoisotopic (exact) mass is 127 g/mol. The molecule has 0 saturated carbocycles. The van der Waals surface area contributed by atoms with Crippen LogP contribution in [0.15, 0.2) is 11.8 Å². The highest BCUT2D eigenvalue weighted by molar-refractivity contribution is 4.97. The minimum Gasteiger partial charge on any atom is -0.498 e. The summed E-state index contributed by atoms with van der Waals surface area (Å²) in [4.78, 5) is 0. The fourth-order valence-electron chi connectivity index (χ4n) is 0.891. The van der Waals surface area contributed by atoms with Crippen molar-refractivity contribution in [3.63, 3.8) is 0 Å². The molecule has 0 aliphatic carbocycles. The summed E-state index contributed by atoms with van der Waals surface area (Å²) in [5.74, 6) is 1.16. The Kier molecular flexibility index (Phi) is 2.58. The van der Waals surface area contributed by atoms with Crippen molar-refractivity contribution in [1.82, 2.24) is 5.32 Å². The fourth-order valence-corrected chi connectivity index (χ4v) is 0.891. The molecule has 0 radical (unpaired) electrons. The van der Waals surface area contributed by atoms with E-state index in [1.165, 1.54) is 0 Å². The first-order chi connectivity index (χ1) is 4.43. The average molecular weight is 127 g/mol. The van der Waals surface area contributed by atoms with E-state index in [1.54, 1.807) is 0 Å². The molecule has 1 heterocycles. The first kappa shape index (κ1) is 6.62. The van der Waals surface area contributed by atoms with Gasteiger partial charge in [0.1, 0.15) is 0 Å². The van der Waals surface area contributed by atoms with Crippen LogP contribution in [0.3, 0.4) is 0 Å². The van der Waals surface area contributed by atoms with Crippen molar-refractivity contribution in [2.45, 2.75) is 12.8 Å². The Morgan fingerprint density at radius 3 is 3.22 bits per heavy atom. The molecule has 1 aliphatic heterocycles.